The summed E-state index contributed by atoms with van der Waals surface area (Å²) >= 11 is 0. The summed E-state index contributed by atoms with van der Waals surface area (Å²) in [6.07, 6.45) is 14.3. The van der Waals surface area contributed by atoms with Crippen LogP contribution in [0.1, 0.15) is 65.2 Å². The van der Waals surface area contributed by atoms with Crippen LogP contribution >= 0.6 is 0 Å². The van der Waals surface area contributed by atoms with E-state index < -0.39 is 6.10 Å². The molecule has 158 valence electrons. The molecule has 0 saturated heterocycles. The highest BCUT2D eigenvalue weighted by Gasteiger charge is 2.43. The smallest absolute Gasteiger partial charge is 0.0755 e. The van der Waals surface area contributed by atoms with Crippen molar-refractivity contribution >= 4 is 0 Å². The van der Waals surface area contributed by atoms with Gasteiger partial charge in [0.25, 0.3) is 0 Å². The monoisotopic (exact) mass is 387 g/mol. The largest absolute Gasteiger partial charge is 0.392 e. The van der Waals surface area contributed by atoms with Crippen LogP contribution in [0.2, 0.25) is 0 Å². The maximum absolute atomic E-state index is 10.5. The summed E-state index contributed by atoms with van der Waals surface area (Å²) in [5.74, 6) is 7.54. The minimum atomic E-state index is -0.483. The molecule has 6 atom stereocenters. The molecule has 0 aromatic carbocycles. The molecule has 2 N–H and O–H groups in total. The molecule has 0 aliphatic heterocycles. The van der Waals surface area contributed by atoms with E-state index in [9.17, 15) is 10.2 Å². The minimum absolute atomic E-state index is 0.129. The Morgan fingerprint density at radius 1 is 1.25 bits per heavy atom. The van der Waals surface area contributed by atoms with Gasteiger partial charge in [0.2, 0.25) is 0 Å². The van der Waals surface area contributed by atoms with Crippen LogP contribution < -0.4 is 0 Å². The van der Waals surface area contributed by atoms with Crippen molar-refractivity contribution in [3.8, 4) is 11.8 Å². The van der Waals surface area contributed by atoms with Gasteiger partial charge in [-0.05, 0) is 70.5 Å². The average Bonchev–Trinajstić information content (AvgIpc) is 3.15. The average molecular weight is 388 g/mol. The van der Waals surface area contributed by atoms with Crippen molar-refractivity contribution in [2.24, 2.45) is 23.7 Å². The molecular formula is C25H41NO2. The predicted molar refractivity (Wildman–Crippen MR) is 118 cm³/mol. The summed E-state index contributed by atoms with van der Waals surface area (Å²) in [6.45, 7) is 5.26. The molecule has 2 rings (SSSR count). The zero-order chi connectivity index (χ0) is 20.5. The topological polar surface area (TPSA) is 43.7 Å². The van der Waals surface area contributed by atoms with Crippen LogP contribution in [-0.4, -0.2) is 48.0 Å². The molecule has 0 bridgehead atoms. The maximum Gasteiger partial charge on any atom is 0.0755 e. The molecule has 2 aliphatic rings. The van der Waals surface area contributed by atoms with E-state index in [0.717, 1.165) is 25.7 Å². The lowest BCUT2D eigenvalue weighted by Crippen LogP contribution is -2.19. The Morgan fingerprint density at radius 3 is 2.75 bits per heavy atom. The quantitative estimate of drug-likeness (QED) is 0.331. The first-order chi connectivity index (χ1) is 13.4. The van der Waals surface area contributed by atoms with Gasteiger partial charge in [-0.25, -0.2) is 0 Å². The van der Waals surface area contributed by atoms with Crippen molar-refractivity contribution < 1.29 is 10.2 Å². The van der Waals surface area contributed by atoms with Crippen molar-refractivity contribution in [3.05, 3.63) is 23.8 Å². The summed E-state index contributed by atoms with van der Waals surface area (Å²) in [4.78, 5) is 2.25. The fourth-order valence-electron chi connectivity index (χ4n) is 4.66. The number of hydrogen-bond acceptors (Lipinski definition) is 3. The van der Waals surface area contributed by atoms with Gasteiger partial charge in [0.05, 0.1) is 12.2 Å². The second kappa shape index (κ2) is 11.8. The molecule has 3 nitrogen and oxygen atoms in total. The van der Waals surface area contributed by atoms with Crippen LogP contribution in [0.4, 0.5) is 0 Å². The third kappa shape index (κ3) is 7.07. The van der Waals surface area contributed by atoms with E-state index in [0.29, 0.717) is 11.8 Å². The lowest BCUT2D eigenvalue weighted by Gasteiger charge is -2.20. The van der Waals surface area contributed by atoms with Gasteiger partial charge in [-0.2, -0.15) is 0 Å². The molecule has 0 radical (unpaired) electrons. The number of aliphatic hydroxyl groups excluding tert-OH is 2. The first-order valence-corrected chi connectivity index (χ1v) is 11.3. The standard InChI is InChI=1S/C25H41NO2/c1-5-6-8-11-19(2)24(27)14-13-22-23-17-20(16-21(23)18-25(22)28)12-9-7-10-15-26(3)4/h13-14,16,19,21-25,27-28H,5,7,9-12,15,17-18H2,1-4H3/b14-13+/t19-,21-,22+,23-,24+,25+/m0/s1. The number of allylic oxidation sites excluding steroid dienone is 2. The summed E-state index contributed by atoms with van der Waals surface area (Å²) in [5, 5.41) is 20.9. The molecule has 0 amide bonds. The number of nitrogens with zero attached hydrogens (tertiary/aromatic N) is 1. The number of unbranched alkanes of at least 4 members (excludes halogenated alkanes) is 2. The molecule has 1 saturated carbocycles. The third-order valence-electron chi connectivity index (χ3n) is 6.39. The Morgan fingerprint density at radius 2 is 2.04 bits per heavy atom. The van der Waals surface area contributed by atoms with Gasteiger partial charge in [-0.3, -0.25) is 0 Å². The normalized spacial score (nSPS) is 28.9. The van der Waals surface area contributed by atoms with E-state index in [1.165, 1.54) is 32.2 Å². The second-order valence-corrected chi connectivity index (χ2v) is 9.12. The molecule has 0 spiro atoms. The van der Waals surface area contributed by atoms with Gasteiger partial charge in [0.1, 0.15) is 0 Å². The Balaban J connectivity index is 1.80. The Kier molecular flexibility index (Phi) is 9.79. The van der Waals surface area contributed by atoms with Gasteiger partial charge in [-0.1, -0.05) is 44.1 Å². The highest BCUT2D eigenvalue weighted by atomic mass is 16.3. The minimum Gasteiger partial charge on any atom is -0.392 e. The third-order valence-corrected chi connectivity index (χ3v) is 6.39. The molecule has 28 heavy (non-hydrogen) atoms. The molecule has 0 heterocycles. The zero-order valence-electron chi connectivity index (χ0n) is 18.4. The van der Waals surface area contributed by atoms with Crippen LogP contribution in [0, 0.1) is 35.5 Å². The fraction of sp³-hybridized carbons (Fsp3) is 0.760. The van der Waals surface area contributed by atoms with E-state index in [1.807, 2.05) is 19.9 Å². The zero-order valence-corrected chi connectivity index (χ0v) is 18.4. The Bertz CT molecular complexity index is 583. The van der Waals surface area contributed by atoms with Gasteiger partial charge < -0.3 is 15.1 Å². The SMILES string of the molecule is CCC#CC[C@H](C)[C@H](O)/C=C/[C@@H]1[C@H]2CC(CCCCCN(C)C)=C[C@H]2C[C@H]1O. The highest BCUT2D eigenvalue weighted by Crippen LogP contribution is 2.48. The molecule has 2 aliphatic carbocycles. The van der Waals surface area contributed by atoms with Crippen LogP contribution in [0.15, 0.2) is 23.8 Å². The van der Waals surface area contributed by atoms with Crippen molar-refractivity contribution in [2.75, 3.05) is 20.6 Å². The van der Waals surface area contributed by atoms with Crippen molar-refractivity contribution in [1.29, 1.82) is 0 Å². The maximum atomic E-state index is 10.5. The molecular weight excluding hydrogens is 346 g/mol. The van der Waals surface area contributed by atoms with Crippen LogP contribution in [-0.2, 0) is 0 Å². The summed E-state index contributed by atoms with van der Waals surface area (Å²) in [7, 11) is 4.27. The second-order valence-electron chi connectivity index (χ2n) is 9.12. The fourth-order valence-corrected chi connectivity index (χ4v) is 4.66. The van der Waals surface area contributed by atoms with E-state index in [4.69, 9.17) is 0 Å². The number of fused-ring (bicyclic) bond motifs is 1. The van der Waals surface area contributed by atoms with E-state index >= 15 is 0 Å². The lowest BCUT2D eigenvalue weighted by atomic mass is 9.88. The molecule has 0 aromatic rings. The van der Waals surface area contributed by atoms with E-state index in [-0.39, 0.29) is 17.9 Å². The first-order valence-electron chi connectivity index (χ1n) is 11.3. The molecule has 0 unspecified atom stereocenters. The highest BCUT2D eigenvalue weighted by molar-refractivity contribution is 5.21. The summed E-state index contributed by atoms with van der Waals surface area (Å²) in [6, 6.07) is 0. The number of aliphatic hydroxyl groups is 2. The summed E-state index contributed by atoms with van der Waals surface area (Å²) in [5.41, 5.74) is 1.59. The van der Waals surface area contributed by atoms with E-state index in [2.05, 4.69) is 43.0 Å². The molecule has 1 fully saturated rings. The molecule has 3 heteroatoms. The summed E-state index contributed by atoms with van der Waals surface area (Å²) < 4.78 is 0. The Hall–Kier alpha value is -1.08. The van der Waals surface area contributed by atoms with Crippen molar-refractivity contribution in [1.82, 2.24) is 4.90 Å². The molecule has 0 aromatic heterocycles. The van der Waals surface area contributed by atoms with Crippen molar-refractivity contribution in [2.45, 2.75) is 77.4 Å². The van der Waals surface area contributed by atoms with Gasteiger partial charge in [-0.15, -0.1) is 11.8 Å². The lowest BCUT2D eigenvalue weighted by molar-refractivity contribution is 0.137. The number of rotatable bonds is 10. The van der Waals surface area contributed by atoms with Crippen molar-refractivity contribution in [3.63, 3.8) is 0 Å². The Labute approximate surface area is 172 Å². The van der Waals surface area contributed by atoms with Gasteiger partial charge in [0.15, 0.2) is 0 Å². The predicted octanol–water partition coefficient (Wildman–Crippen LogP) is 4.41. The first kappa shape index (κ1) is 23.2. The number of hydrogen-bond donors (Lipinski definition) is 2. The van der Waals surface area contributed by atoms with Gasteiger partial charge in [0, 0.05) is 18.8 Å². The van der Waals surface area contributed by atoms with Gasteiger partial charge >= 0.3 is 0 Å². The van der Waals surface area contributed by atoms with Crippen LogP contribution in [0.3, 0.4) is 0 Å². The van der Waals surface area contributed by atoms with E-state index in [1.54, 1.807) is 5.57 Å². The van der Waals surface area contributed by atoms with Crippen LogP contribution in [0.5, 0.6) is 0 Å². The van der Waals surface area contributed by atoms with Crippen LogP contribution in [0.25, 0.3) is 0 Å².